The Morgan fingerprint density at radius 3 is 2.83 bits per heavy atom. The van der Waals surface area contributed by atoms with Crippen LogP contribution in [0.5, 0.6) is 0 Å². The molecular formula is C10H14N5O7P. The molecule has 13 heteroatoms. The van der Waals surface area contributed by atoms with Crippen LogP contribution in [0.3, 0.4) is 0 Å². The Balaban J connectivity index is 1.93. The molecule has 3 heterocycles. The number of nitrogens with one attached hydrogen (secondary N) is 1. The fraction of sp³-hybridized carbons (Fsp3) is 0.500. The third-order valence-electron chi connectivity index (χ3n) is 3.45. The molecule has 0 bridgehead atoms. The topological polar surface area (TPSA) is 176 Å². The highest BCUT2D eigenvalue weighted by molar-refractivity contribution is 7.46. The summed E-state index contributed by atoms with van der Waals surface area (Å²) in [5.41, 5.74) is 0.103. The molecule has 3 atom stereocenters. The van der Waals surface area contributed by atoms with Crippen LogP contribution in [0.25, 0.3) is 11.2 Å². The summed E-state index contributed by atoms with van der Waals surface area (Å²) in [5, 5.41) is 26.4. The lowest BCUT2D eigenvalue weighted by molar-refractivity contribution is -0.0425. The lowest BCUT2D eigenvalue weighted by Gasteiger charge is -2.16. The molecule has 3 rings (SSSR count). The number of rotatable bonds is 4. The largest absolute Gasteiger partial charge is 0.469 e. The van der Waals surface area contributed by atoms with Gasteiger partial charge in [0.25, 0.3) is 0 Å². The van der Waals surface area contributed by atoms with Gasteiger partial charge in [-0.3, -0.25) is 14.5 Å². The van der Waals surface area contributed by atoms with Gasteiger partial charge in [-0.15, -0.1) is 0 Å². The Bertz CT molecular complexity index is 829. The summed E-state index contributed by atoms with van der Waals surface area (Å²) < 4.78 is 23.1. The van der Waals surface area contributed by atoms with E-state index in [1.807, 2.05) is 0 Å². The van der Waals surface area contributed by atoms with Crippen molar-refractivity contribution in [3.05, 3.63) is 18.1 Å². The van der Waals surface area contributed by atoms with Crippen LogP contribution in [-0.2, 0) is 13.8 Å². The van der Waals surface area contributed by atoms with E-state index in [2.05, 4.69) is 14.5 Å². The number of phosphoric ester groups is 1. The summed E-state index contributed by atoms with van der Waals surface area (Å²) in [6.07, 6.45) is -0.280. The van der Waals surface area contributed by atoms with Crippen LogP contribution >= 0.6 is 7.82 Å². The summed E-state index contributed by atoms with van der Waals surface area (Å²) in [6, 6.07) is 0. The first kappa shape index (κ1) is 16.1. The Morgan fingerprint density at radius 1 is 1.43 bits per heavy atom. The number of hydrogen-bond donors (Lipinski definition) is 5. The van der Waals surface area contributed by atoms with Crippen molar-refractivity contribution >= 4 is 19.0 Å². The fourth-order valence-corrected chi connectivity index (χ4v) is 3.03. The number of hydrogen-bond acceptors (Lipinski definition) is 8. The van der Waals surface area contributed by atoms with Gasteiger partial charge in [0, 0.05) is 6.42 Å². The highest BCUT2D eigenvalue weighted by Gasteiger charge is 2.40. The van der Waals surface area contributed by atoms with Gasteiger partial charge in [0.1, 0.15) is 24.8 Å². The van der Waals surface area contributed by atoms with E-state index in [4.69, 9.17) is 19.9 Å². The summed E-state index contributed by atoms with van der Waals surface area (Å²) >= 11 is 0. The molecule has 1 aliphatic heterocycles. The molecule has 0 saturated carbocycles. The van der Waals surface area contributed by atoms with Gasteiger partial charge in [0.15, 0.2) is 16.7 Å². The zero-order valence-corrected chi connectivity index (χ0v) is 12.4. The number of imidazole rings is 1. The van der Waals surface area contributed by atoms with Crippen molar-refractivity contribution in [3.8, 4) is 0 Å². The maximum absolute atomic E-state index is 11.0. The zero-order valence-electron chi connectivity index (χ0n) is 11.6. The second-order valence-electron chi connectivity index (χ2n) is 4.94. The average molecular weight is 347 g/mol. The SMILES string of the molecule is N=c1c2ncn([C@H]3C[C@H](OP(=O)(O)O)[C@@H](CO)O3)c2ncn1O. The van der Waals surface area contributed by atoms with Gasteiger partial charge in [-0.2, -0.15) is 4.73 Å². The summed E-state index contributed by atoms with van der Waals surface area (Å²) in [7, 11) is -4.73. The van der Waals surface area contributed by atoms with Gasteiger partial charge in [0.05, 0.1) is 12.9 Å². The van der Waals surface area contributed by atoms with Gasteiger partial charge >= 0.3 is 7.82 Å². The van der Waals surface area contributed by atoms with Crippen LogP contribution in [-0.4, -0.2) is 58.2 Å². The second-order valence-corrected chi connectivity index (χ2v) is 6.14. The predicted molar refractivity (Wildman–Crippen MR) is 71.1 cm³/mol. The third-order valence-corrected chi connectivity index (χ3v) is 4.00. The van der Waals surface area contributed by atoms with E-state index in [9.17, 15) is 14.9 Å². The molecule has 0 unspecified atom stereocenters. The maximum atomic E-state index is 11.0. The van der Waals surface area contributed by atoms with Crippen molar-refractivity contribution in [2.24, 2.45) is 0 Å². The summed E-state index contributed by atoms with van der Waals surface area (Å²) in [5.74, 6) is 0. The van der Waals surface area contributed by atoms with Gasteiger partial charge in [-0.05, 0) is 0 Å². The fourth-order valence-electron chi connectivity index (χ4n) is 2.46. The zero-order chi connectivity index (χ0) is 16.8. The quantitative estimate of drug-likeness (QED) is 0.332. The molecule has 5 N–H and O–H groups in total. The summed E-state index contributed by atoms with van der Waals surface area (Å²) in [6.45, 7) is -0.485. The molecule has 0 aliphatic carbocycles. The van der Waals surface area contributed by atoms with Gasteiger partial charge in [0.2, 0.25) is 0 Å². The predicted octanol–water partition coefficient (Wildman–Crippen LogP) is -1.29. The molecule has 0 radical (unpaired) electrons. The van der Waals surface area contributed by atoms with Gasteiger partial charge < -0.3 is 24.8 Å². The van der Waals surface area contributed by atoms with Crippen LogP contribution in [0.4, 0.5) is 0 Å². The van der Waals surface area contributed by atoms with E-state index < -0.39 is 32.9 Å². The highest BCUT2D eigenvalue weighted by atomic mass is 31.2. The van der Waals surface area contributed by atoms with E-state index in [0.717, 1.165) is 6.33 Å². The van der Waals surface area contributed by atoms with Crippen LogP contribution in [0.2, 0.25) is 0 Å². The molecule has 12 nitrogen and oxygen atoms in total. The number of fused-ring (bicyclic) bond motifs is 1. The average Bonchev–Trinajstić information content (AvgIpc) is 3.05. The van der Waals surface area contributed by atoms with Gasteiger partial charge in [-0.1, -0.05) is 0 Å². The molecule has 0 spiro atoms. The standard InChI is InChI=1S/C10H14N5O7P/c11-9-8-10(13-4-15(9)17)14(3-12-8)7-1-5(6(2-16)21-7)22-23(18,19)20/h3-7,11,16-17H,1-2H2,(H2,18,19,20)/t5-,6+,7+/m0/s1. The number of ether oxygens (including phenoxy) is 1. The molecule has 2 aromatic heterocycles. The lowest BCUT2D eigenvalue weighted by Crippen LogP contribution is -2.26. The van der Waals surface area contributed by atoms with Crippen molar-refractivity contribution in [1.82, 2.24) is 19.3 Å². The van der Waals surface area contributed by atoms with Crippen molar-refractivity contribution in [1.29, 1.82) is 5.41 Å². The minimum Gasteiger partial charge on any atom is -0.425 e. The number of nitrogens with zero attached hydrogens (tertiary/aromatic N) is 4. The normalized spacial score (nSPS) is 25.3. The first-order valence-corrected chi connectivity index (χ1v) is 8.01. The first-order chi connectivity index (χ1) is 10.8. The molecule has 23 heavy (non-hydrogen) atoms. The highest BCUT2D eigenvalue weighted by Crippen LogP contribution is 2.43. The lowest BCUT2D eigenvalue weighted by atomic mass is 10.2. The molecule has 126 valence electrons. The monoisotopic (exact) mass is 347 g/mol. The molecule has 0 amide bonds. The Morgan fingerprint density at radius 2 is 2.17 bits per heavy atom. The van der Waals surface area contributed by atoms with E-state index in [1.165, 1.54) is 10.9 Å². The van der Waals surface area contributed by atoms with Crippen LogP contribution in [0.15, 0.2) is 12.7 Å². The molecule has 2 aromatic rings. The van der Waals surface area contributed by atoms with E-state index in [0.29, 0.717) is 4.73 Å². The van der Waals surface area contributed by atoms with Crippen LogP contribution in [0, 0.1) is 5.41 Å². The Kier molecular flexibility index (Phi) is 3.96. The number of aliphatic hydroxyl groups excluding tert-OH is 1. The van der Waals surface area contributed by atoms with Crippen molar-refractivity contribution in [3.63, 3.8) is 0 Å². The van der Waals surface area contributed by atoms with E-state index in [-0.39, 0.29) is 23.1 Å². The van der Waals surface area contributed by atoms with Crippen molar-refractivity contribution < 1.29 is 33.9 Å². The first-order valence-electron chi connectivity index (χ1n) is 6.48. The van der Waals surface area contributed by atoms with Gasteiger partial charge in [-0.25, -0.2) is 14.5 Å². The maximum Gasteiger partial charge on any atom is 0.469 e. The van der Waals surface area contributed by atoms with Crippen molar-refractivity contribution in [2.75, 3.05) is 6.61 Å². The molecule has 0 aromatic carbocycles. The number of aromatic nitrogens is 4. The Labute approximate surface area is 128 Å². The van der Waals surface area contributed by atoms with E-state index >= 15 is 0 Å². The third kappa shape index (κ3) is 3.00. The minimum absolute atomic E-state index is 0.0465. The second kappa shape index (κ2) is 5.67. The molecular weight excluding hydrogens is 333 g/mol. The van der Waals surface area contributed by atoms with Crippen LogP contribution in [0.1, 0.15) is 12.6 Å². The molecule has 1 saturated heterocycles. The van der Waals surface area contributed by atoms with Crippen molar-refractivity contribution in [2.45, 2.75) is 24.9 Å². The number of phosphoric acid groups is 1. The summed E-state index contributed by atoms with van der Waals surface area (Å²) in [4.78, 5) is 25.7. The minimum atomic E-state index is -4.73. The molecule has 1 fully saturated rings. The smallest absolute Gasteiger partial charge is 0.425 e. The van der Waals surface area contributed by atoms with Crippen LogP contribution < -0.4 is 5.49 Å². The molecule has 1 aliphatic rings. The van der Waals surface area contributed by atoms with E-state index in [1.54, 1.807) is 0 Å². The number of aliphatic hydroxyl groups is 1. The Hall–Kier alpha value is -1.82.